The molecule has 0 aromatic heterocycles. The second kappa shape index (κ2) is 9.26. The van der Waals surface area contributed by atoms with Gasteiger partial charge in [0.1, 0.15) is 0 Å². The average Bonchev–Trinajstić information content (AvgIpc) is 2.92. The van der Waals surface area contributed by atoms with Gasteiger partial charge in [-0.05, 0) is 103 Å². The van der Waals surface area contributed by atoms with Crippen molar-refractivity contribution in [3.05, 3.63) is 11.6 Å². The Balaban J connectivity index is 1.40. The largest absolute Gasteiger partial charge is 0.425 e. The number of methoxy groups -OCH3 is 1. The molecule has 0 aromatic rings. The number of hydrogen-bond donors (Lipinski definition) is 1. The van der Waals surface area contributed by atoms with Crippen LogP contribution in [0.1, 0.15) is 119 Å². The molecule has 238 valence electrons. The molecule has 1 amide bonds. The van der Waals surface area contributed by atoms with Crippen molar-refractivity contribution in [3.8, 4) is 0 Å². The molecular weight excluding hydrogens is 542 g/mol. The topological polar surface area (TPSA) is 113 Å². The van der Waals surface area contributed by atoms with Gasteiger partial charge in [-0.1, -0.05) is 54.0 Å². The molecule has 7 nitrogen and oxygen atoms in total. The molecule has 6 aliphatic rings. The van der Waals surface area contributed by atoms with Crippen molar-refractivity contribution in [2.75, 3.05) is 7.11 Å². The fraction of sp³-hybridized carbons (Fsp3) is 0.833. The van der Waals surface area contributed by atoms with Crippen LogP contribution in [0.15, 0.2) is 11.6 Å². The van der Waals surface area contributed by atoms with E-state index in [1.807, 2.05) is 13.0 Å². The molecule has 43 heavy (non-hydrogen) atoms. The van der Waals surface area contributed by atoms with Gasteiger partial charge in [-0.3, -0.25) is 19.2 Å². The lowest BCUT2D eigenvalue weighted by molar-refractivity contribution is -0.280. The van der Waals surface area contributed by atoms with Crippen LogP contribution in [0, 0.1) is 56.2 Å². The molecule has 1 saturated heterocycles. The number of rotatable bonds is 3. The van der Waals surface area contributed by atoms with E-state index in [0.29, 0.717) is 6.42 Å². The summed E-state index contributed by atoms with van der Waals surface area (Å²) in [5.74, 6) is -2.18. The second-order valence-electron chi connectivity index (χ2n) is 17.3. The van der Waals surface area contributed by atoms with Crippen LogP contribution in [0.25, 0.3) is 0 Å². The SMILES string of the molecule is COC1([C@H]2CC[C@@]3(C)C(CC[C@]4(C)[C@@H]3C(=O)C=C3[C@@H]5C[C@@](C)(C(N)=O)CC[C@]5(C)CC[C@]34C)C2(C)C)OC(=O)CCC1=O. The standard InChI is InChI=1S/C36H53NO6/c1-30(2)24-12-14-35(7)28(33(24,5)13-11-25(30)36(42-8)26(39)9-10-27(40)43-36)23(38)19-21-22-20-32(4,29(37)41)16-15-31(22,3)17-18-34(21,35)6/h19,22,24-25,28H,9-18,20H2,1-8H3,(H2,37,41)/t22-,24?,25-,28+,31+,32-,33-,34+,35+,36?/m0/s1. The summed E-state index contributed by atoms with van der Waals surface area (Å²) in [5, 5.41) is 0. The molecule has 5 aliphatic carbocycles. The molecule has 2 unspecified atom stereocenters. The van der Waals surface area contributed by atoms with E-state index in [2.05, 4.69) is 41.5 Å². The van der Waals surface area contributed by atoms with E-state index >= 15 is 0 Å². The maximum absolute atomic E-state index is 14.7. The predicted molar refractivity (Wildman–Crippen MR) is 162 cm³/mol. The molecule has 1 aliphatic heterocycles. The third-order valence-corrected chi connectivity index (χ3v) is 15.2. The van der Waals surface area contributed by atoms with Gasteiger partial charge in [-0.15, -0.1) is 0 Å². The first-order valence-corrected chi connectivity index (χ1v) is 16.7. The van der Waals surface area contributed by atoms with Gasteiger partial charge in [0, 0.05) is 30.8 Å². The highest BCUT2D eigenvalue weighted by atomic mass is 16.7. The summed E-state index contributed by atoms with van der Waals surface area (Å²) in [4.78, 5) is 53.2. The molecular formula is C36H53NO6. The molecule has 0 aromatic carbocycles. The van der Waals surface area contributed by atoms with Gasteiger partial charge in [0.05, 0.1) is 6.42 Å². The van der Waals surface area contributed by atoms with Crippen LogP contribution in [0.3, 0.4) is 0 Å². The minimum Gasteiger partial charge on any atom is -0.425 e. The highest BCUT2D eigenvalue weighted by Gasteiger charge is 2.72. The monoisotopic (exact) mass is 595 g/mol. The van der Waals surface area contributed by atoms with E-state index in [1.54, 1.807) is 0 Å². The predicted octanol–water partition coefficient (Wildman–Crippen LogP) is 6.32. The Kier molecular flexibility index (Phi) is 6.67. The number of ether oxygens (including phenoxy) is 2. The van der Waals surface area contributed by atoms with Crippen LogP contribution in [-0.4, -0.2) is 36.3 Å². The van der Waals surface area contributed by atoms with E-state index in [-0.39, 0.29) is 81.6 Å². The minimum absolute atomic E-state index is 0.0728. The minimum atomic E-state index is -1.56. The maximum atomic E-state index is 14.7. The Bertz CT molecular complexity index is 1320. The van der Waals surface area contributed by atoms with E-state index in [9.17, 15) is 19.2 Å². The maximum Gasteiger partial charge on any atom is 0.309 e. The van der Waals surface area contributed by atoms with Gasteiger partial charge in [-0.25, -0.2) is 0 Å². The van der Waals surface area contributed by atoms with Crippen molar-refractivity contribution < 1.29 is 28.7 Å². The number of allylic oxidation sites excluding steroid dienone is 2. The summed E-state index contributed by atoms with van der Waals surface area (Å²) in [7, 11) is 1.49. The summed E-state index contributed by atoms with van der Waals surface area (Å²) < 4.78 is 11.7. The smallest absolute Gasteiger partial charge is 0.309 e. The normalized spacial score (nSPS) is 50.8. The molecule has 5 fully saturated rings. The van der Waals surface area contributed by atoms with Crippen molar-refractivity contribution in [2.45, 2.75) is 125 Å². The van der Waals surface area contributed by atoms with Crippen molar-refractivity contribution in [3.63, 3.8) is 0 Å². The van der Waals surface area contributed by atoms with Gasteiger partial charge in [-0.2, -0.15) is 0 Å². The van der Waals surface area contributed by atoms with Crippen LogP contribution in [-0.2, 0) is 28.7 Å². The molecule has 6 rings (SSSR count). The lowest BCUT2D eigenvalue weighted by Crippen LogP contribution is -2.68. The van der Waals surface area contributed by atoms with Crippen molar-refractivity contribution >= 4 is 23.4 Å². The number of cyclic esters (lactones) is 1. The van der Waals surface area contributed by atoms with E-state index in [1.165, 1.54) is 12.7 Å². The van der Waals surface area contributed by atoms with Crippen molar-refractivity contribution in [1.82, 2.24) is 0 Å². The van der Waals surface area contributed by atoms with Gasteiger partial charge >= 0.3 is 5.97 Å². The molecule has 7 heteroatoms. The number of esters is 1. The molecule has 0 radical (unpaired) electrons. The zero-order valence-electron chi connectivity index (χ0n) is 27.7. The number of hydrogen-bond acceptors (Lipinski definition) is 6. The number of fused-ring (bicyclic) bond motifs is 7. The molecule has 1 heterocycles. The number of carbonyl (C=O) groups is 4. The van der Waals surface area contributed by atoms with Crippen LogP contribution in [0.4, 0.5) is 0 Å². The molecule has 4 saturated carbocycles. The number of Topliss-reactive ketones (excluding diaryl/α,β-unsaturated/α-hetero) is 1. The lowest BCUT2D eigenvalue weighted by atomic mass is 9.33. The first-order valence-electron chi connectivity index (χ1n) is 16.7. The number of ketones is 2. The van der Waals surface area contributed by atoms with Crippen LogP contribution in [0.2, 0.25) is 0 Å². The zero-order chi connectivity index (χ0) is 31.6. The average molecular weight is 596 g/mol. The first kappa shape index (κ1) is 31.0. The van der Waals surface area contributed by atoms with Crippen molar-refractivity contribution in [2.24, 2.45) is 61.9 Å². The van der Waals surface area contributed by atoms with Gasteiger partial charge < -0.3 is 15.2 Å². The molecule has 0 bridgehead atoms. The first-order chi connectivity index (χ1) is 19.8. The zero-order valence-corrected chi connectivity index (χ0v) is 27.7. The second-order valence-corrected chi connectivity index (χ2v) is 17.3. The highest BCUT2D eigenvalue weighted by molar-refractivity contribution is 5.96. The van der Waals surface area contributed by atoms with E-state index in [0.717, 1.165) is 51.4 Å². The fourth-order valence-corrected chi connectivity index (χ4v) is 12.3. The molecule has 2 N–H and O–H groups in total. The Morgan fingerprint density at radius 2 is 1.53 bits per heavy atom. The van der Waals surface area contributed by atoms with Crippen LogP contribution < -0.4 is 5.73 Å². The molecule has 10 atom stereocenters. The van der Waals surface area contributed by atoms with Gasteiger partial charge in [0.15, 0.2) is 5.78 Å². The van der Waals surface area contributed by atoms with Gasteiger partial charge in [0.25, 0.3) is 5.79 Å². The van der Waals surface area contributed by atoms with Crippen LogP contribution >= 0.6 is 0 Å². The fourth-order valence-electron chi connectivity index (χ4n) is 12.3. The highest BCUT2D eigenvalue weighted by Crippen LogP contribution is 2.76. The third-order valence-electron chi connectivity index (χ3n) is 15.2. The molecule has 0 spiro atoms. The number of primary amides is 1. The Hall–Kier alpha value is -2.02. The van der Waals surface area contributed by atoms with Gasteiger partial charge in [0.2, 0.25) is 11.7 Å². The number of carbonyl (C=O) groups excluding carboxylic acids is 4. The van der Waals surface area contributed by atoms with Crippen LogP contribution in [0.5, 0.6) is 0 Å². The quantitative estimate of drug-likeness (QED) is 0.382. The van der Waals surface area contributed by atoms with E-state index < -0.39 is 16.6 Å². The number of amides is 1. The van der Waals surface area contributed by atoms with E-state index in [4.69, 9.17) is 15.2 Å². The summed E-state index contributed by atoms with van der Waals surface area (Å²) >= 11 is 0. The Labute approximate surface area is 257 Å². The summed E-state index contributed by atoms with van der Waals surface area (Å²) in [6.07, 6.45) is 10.2. The Morgan fingerprint density at radius 1 is 0.884 bits per heavy atom. The number of nitrogens with two attached hydrogens (primary N) is 1. The third kappa shape index (κ3) is 3.81. The summed E-state index contributed by atoms with van der Waals surface area (Å²) in [5.41, 5.74) is 5.70. The summed E-state index contributed by atoms with van der Waals surface area (Å²) in [6, 6.07) is 0. The summed E-state index contributed by atoms with van der Waals surface area (Å²) in [6.45, 7) is 15.9. The lowest BCUT2D eigenvalue weighted by Gasteiger charge is -2.71. The Morgan fingerprint density at radius 3 is 2.19 bits per heavy atom. The van der Waals surface area contributed by atoms with Crippen molar-refractivity contribution in [1.29, 1.82) is 0 Å².